The Bertz CT molecular complexity index is 3300. The van der Waals surface area contributed by atoms with Gasteiger partial charge in [-0.3, -0.25) is 0 Å². The van der Waals surface area contributed by atoms with Crippen LogP contribution in [-0.4, -0.2) is 19.9 Å². The van der Waals surface area contributed by atoms with Gasteiger partial charge in [0.15, 0.2) is 11.6 Å². The van der Waals surface area contributed by atoms with E-state index < -0.39 is 0 Å². The van der Waals surface area contributed by atoms with Crippen LogP contribution in [-0.2, 0) is 0 Å². The quantitative estimate of drug-likeness (QED) is 0.154. The molecule has 11 rings (SSSR count). The first-order chi connectivity index (χ1) is 30.2. The molecule has 11 aromatic rings. The third-order valence-corrected chi connectivity index (χ3v) is 12.2. The molecule has 0 aliphatic carbocycles. The summed E-state index contributed by atoms with van der Waals surface area (Å²) in [5.74, 6) is 1.41. The second-order valence-electron chi connectivity index (χ2n) is 15.1. The van der Waals surface area contributed by atoms with Gasteiger partial charge >= 0.3 is 0 Å². The Morgan fingerprint density at radius 3 is 1.15 bits per heavy atom. The molecule has 0 spiro atoms. The molecule has 0 saturated carbocycles. The number of benzene rings is 8. The lowest BCUT2D eigenvalue weighted by atomic mass is 9.95. The number of rotatable bonds is 8. The van der Waals surface area contributed by atoms with Crippen LogP contribution >= 0.6 is 11.3 Å². The topological polar surface area (TPSA) is 51.6 Å². The van der Waals surface area contributed by atoms with Crippen molar-refractivity contribution in [2.45, 2.75) is 0 Å². The van der Waals surface area contributed by atoms with Crippen molar-refractivity contribution < 1.29 is 0 Å². The van der Waals surface area contributed by atoms with Gasteiger partial charge in [0, 0.05) is 43.3 Å². The fourth-order valence-corrected chi connectivity index (χ4v) is 9.16. The van der Waals surface area contributed by atoms with Crippen molar-refractivity contribution in [1.29, 1.82) is 0 Å². The Kier molecular flexibility index (Phi) is 9.34. The van der Waals surface area contributed by atoms with E-state index in [1.165, 1.54) is 10.1 Å². The Morgan fingerprint density at radius 1 is 0.279 bits per heavy atom. The van der Waals surface area contributed by atoms with E-state index in [4.69, 9.17) is 19.9 Å². The van der Waals surface area contributed by atoms with Gasteiger partial charge < -0.3 is 0 Å². The predicted molar refractivity (Wildman–Crippen MR) is 254 cm³/mol. The number of hydrogen-bond donors (Lipinski definition) is 0. The minimum Gasteiger partial charge on any atom is -0.228 e. The number of aromatic nitrogens is 4. The maximum Gasteiger partial charge on any atom is 0.161 e. The fraction of sp³-hybridized carbons (Fsp3) is 0. The maximum atomic E-state index is 5.25. The van der Waals surface area contributed by atoms with Crippen molar-refractivity contribution >= 4 is 31.6 Å². The third kappa shape index (κ3) is 7.18. The summed E-state index contributed by atoms with van der Waals surface area (Å²) in [6.07, 6.45) is 0. The van der Waals surface area contributed by atoms with Gasteiger partial charge in [-0.1, -0.05) is 182 Å². The van der Waals surface area contributed by atoms with Crippen LogP contribution in [0.25, 0.3) is 110 Å². The van der Waals surface area contributed by atoms with Crippen LogP contribution in [0.15, 0.2) is 218 Å². The highest BCUT2D eigenvalue weighted by molar-refractivity contribution is 7.25. The van der Waals surface area contributed by atoms with E-state index in [9.17, 15) is 0 Å². The molecule has 4 nitrogen and oxygen atoms in total. The number of hydrogen-bond acceptors (Lipinski definition) is 5. The van der Waals surface area contributed by atoms with Crippen molar-refractivity contribution in [2.24, 2.45) is 0 Å². The highest BCUT2D eigenvalue weighted by atomic mass is 32.1. The first-order valence-electron chi connectivity index (χ1n) is 20.4. The van der Waals surface area contributed by atoms with Gasteiger partial charge in [0.25, 0.3) is 0 Å². The van der Waals surface area contributed by atoms with Gasteiger partial charge in [-0.2, -0.15) is 0 Å². The molecule has 3 aromatic heterocycles. The van der Waals surface area contributed by atoms with Crippen LogP contribution in [0, 0.1) is 0 Å². The molecule has 0 amide bonds. The molecule has 0 bridgehead atoms. The zero-order valence-electron chi connectivity index (χ0n) is 33.0. The molecule has 286 valence electrons. The third-order valence-electron chi connectivity index (χ3n) is 11.1. The molecule has 0 aliphatic heterocycles. The van der Waals surface area contributed by atoms with Gasteiger partial charge in [-0.05, 0) is 69.8 Å². The highest BCUT2D eigenvalue weighted by Crippen LogP contribution is 2.40. The van der Waals surface area contributed by atoms with Crippen LogP contribution in [0.1, 0.15) is 0 Å². The molecule has 61 heavy (non-hydrogen) atoms. The second kappa shape index (κ2) is 15.7. The summed E-state index contributed by atoms with van der Waals surface area (Å²) in [5, 5.41) is 2.30. The minimum atomic E-state index is 0.693. The van der Waals surface area contributed by atoms with Crippen LogP contribution in [0.5, 0.6) is 0 Å². The predicted octanol–water partition coefficient (Wildman–Crippen LogP) is 15.0. The number of fused-ring (bicyclic) bond motifs is 3. The minimum absolute atomic E-state index is 0.693. The van der Waals surface area contributed by atoms with Gasteiger partial charge in [0.05, 0.1) is 17.1 Å². The summed E-state index contributed by atoms with van der Waals surface area (Å²) < 4.78 is 1.21. The SMILES string of the molecule is c1ccc(-c2cc(-c3ccccc3)nc(-c3cccc(-c4cccc(-c5cccc(-c6cccc(-c7nc(-c8ccccc8)c8c(n7)sc7ccccc78)c6)c5)c4)c3)n2)cc1. The lowest BCUT2D eigenvalue weighted by molar-refractivity contribution is 1.18. The summed E-state index contributed by atoms with van der Waals surface area (Å²) in [4.78, 5) is 21.6. The molecular formula is C56H36N4S. The van der Waals surface area contributed by atoms with Gasteiger partial charge in [0.2, 0.25) is 0 Å². The maximum absolute atomic E-state index is 5.25. The molecular weight excluding hydrogens is 761 g/mol. The van der Waals surface area contributed by atoms with E-state index in [1.54, 1.807) is 11.3 Å². The van der Waals surface area contributed by atoms with Crippen molar-refractivity contribution in [3.8, 4) is 89.9 Å². The van der Waals surface area contributed by atoms with Gasteiger partial charge in [-0.25, -0.2) is 19.9 Å². The summed E-state index contributed by atoms with van der Waals surface area (Å²) in [6.45, 7) is 0. The molecule has 0 fully saturated rings. The van der Waals surface area contributed by atoms with E-state index in [0.717, 1.165) is 94.3 Å². The fourth-order valence-electron chi connectivity index (χ4n) is 8.08. The molecule has 0 N–H and O–H groups in total. The summed E-state index contributed by atoms with van der Waals surface area (Å²) in [7, 11) is 0. The first kappa shape index (κ1) is 36.2. The smallest absolute Gasteiger partial charge is 0.161 e. The van der Waals surface area contributed by atoms with E-state index in [1.807, 2.05) is 42.5 Å². The zero-order chi connectivity index (χ0) is 40.5. The molecule has 5 heteroatoms. The second-order valence-corrected chi connectivity index (χ2v) is 16.1. The average molecular weight is 797 g/mol. The molecule has 3 heterocycles. The molecule has 0 aliphatic rings. The summed E-state index contributed by atoms with van der Waals surface area (Å²) in [6, 6.07) is 76.3. The molecule has 0 atom stereocenters. The lowest BCUT2D eigenvalue weighted by Gasteiger charge is -2.12. The van der Waals surface area contributed by atoms with Crippen LogP contribution in [0.3, 0.4) is 0 Å². The first-order valence-corrected chi connectivity index (χ1v) is 21.2. The van der Waals surface area contributed by atoms with E-state index >= 15 is 0 Å². The molecule has 0 radical (unpaired) electrons. The largest absolute Gasteiger partial charge is 0.228 e. The number of thiophene rings is 1. The number of nitrogens with zero attached hydrogens (tertiary/aromatic N) is 4. The van der Waals surface area contributed by atoms with E-state index in [0.29, 0.717) is 5.82 Å². The molecule has 8 aromatic carbocycles. The van der Waals surface area contributed by atoms with Crippen LogP contribution < -0.4 is 0 Å². The van der Waals surface area contributed by atoms with Crippen molar-refractivity contribution in [3.05, 3.63) is 218 Å². The monoisotopic (exact) mass is 796 g/mol. The normalized spacial score (nSPS) is 11.3. The Balaban J connectivity index is 0.929. The van der Waals surface area contributed by atoms with E-state index in [-0.39, 0.29) is 0 Å². The Morgan fingerprint density at radius 2 is 0.656 bits per heavy atom. The van der Waals surface area contributed by atoms with Crippen LogP contribution in [0.2, 0.25) is 0 Å². The van der Waals surface area contributed by atoms with Gasteiger partial charge in [-0.15, -0.1) is 11.3 Å². The van der Waals surface area contributed by atoms with Crippen molar-refractivity contribution in [1.82, 2.24) is 19.9 Å². The van der Waals surface area contributed by atoms with Crippen molar-refractivity contribution in [2.75, 3.05) is 0 Å². The van der Waals surface area contributed by atoms with Gasteiger partial charge in [0.1, 0.15) is 4.83 Å². The van der Waals surface area contributed by atoms with E-state index in [2.05, 4.69) is 176 Å². The standard InChI is InChI=1S/C56H36N4S/c1-4-16-37(17-5-1)49-36-50(38-18-6-2-7-19-38)58-54(57-49)46-28-14-26-44(34-46)42-24-12-22-40(32-42)41-23-13-25-43(33-41)45-27-15-29-47(35-45)55-59-53(39-20-8-3-9-21-39)52-48-30-10-11-31-51(48)61-56(52)60-55/h1-36H. The van der Waals surface area contributed by atoms with Crippen molar-refractivity contribution in [3.63, 3.8) is 0 Å². The summed E-state index contributed by atoms with van der Waals surface area (Å²) in [5.41, 5.74) is 14.6. The molecule has 0 unspecified atom stereocenters. The highest BCUT2D eigenvalue weighted by Gasteiger charge is 2.17. The lowest BCUT2D eigenvalue weighted by Crippen LogP contribution is -1.96. The average Bonchev–Trinajstić information content (AvgIpc) is 3.73. The molecule has 0 saturated heterocycles. The Labute approximate surface area is 358 Å². The zero-order valence-corrected chi connectivity index (χ0v) is 33.8. The summed E-state index contributed by atoms with van der Waals surface area (Å²) >= 11 is 1.72. The Hall–Kier alpha value is -7.86. The van der Waals surface area contributed by atoms with Crippen LogP contribution in [0.4, 0.5) is 0 Å².